The zero-order valence-corrected chi connectivity index (χ0v) is 7.55. The van der Waals surface area contributed by atoms with Crippen molar-refractivity contribution >= 4 is 18.3 Å². The van der Waals surface area contributed by atoms with Crippen molar-refractivity contribution in [2.24, 2.45) is 0 Å². The summed E-state index contributed by atoms with van der Waals surface area (Å²) in [6.45, 7) is -0.196. The molecule has 0 amide bonds. The van der Waals surface area contributed by atoms with Gasteiger partial charge in [-0.2, -0.15) is 0 Å². The molecule has 0 fully saturated rings. The lowest BCUT2D eigenvalue weighted by Gasteiger charge is -1.94. The molecule has 14 heavy (non-hydrogen) atoms. The predicted molar refractivity (Wildman–Crippen MR) is 52.5 cm³/mol. The van der Waals surface area contributed by atoms with Gasteiger partial charge < -0.3 is 4.74 Å². The highest BCUT2D eigenvalue weighted by Gasteiger charge is 1.94. The molecule has 1 rings (SSSR count). The van der Waals surface area contributed by atoms with Gasteiger partial charge in [0.2, 0.25) is 0 Å². The number of hydrogen-bond acceptors (Lipinski definition) is 3. The number of esters is 1. The Labute approximate surface area is 82.0 Å². The summed E-state index contributed by atoms with van der Waals surface area (Å²) < 4.78 is 4.52. The maximum atomic E-state index is 10.9. The van der Waals surface area contributed by atoms with Crippen LogP contribution >= 0.6 is 0 Å². The normalized spacial score (nSPS) is 10.0. The Bertz CT molecular complexity index is 328. The van der Waals surface area contributed by atoms with Crippen molar-refractivity contribution in [2.45, 2.75) is 0 Å². The Morgan fingerprint density at radius 2 is 2.00 bits per heavy atom. The first-order valence-electron chi connectivity index (χ1n) is 4.16. The lowest BCUT2D eigenvalue weighted by molar-refractivity contribution is -0.140. The zero-order valence-electron chi connectivity index (χ0n) is 7.55. The van der Waals surface area contributed by atoms with Gasteiger partial charge in [-0.1, -0.05) is 30.3 Å². The van der Waals surface area contributed by atoms with Gasteiger partial charge in [0.05, 0.1) is 0 Å². The van der Waals surface area contributed by atoms with Crippen LogP contribution in [0.25, 0.3) is 6.08 Å². The fourth-order valence-corrected chi connectivity index (χ4v) is 0.893. The molecule has 0 aliphatic heterocycles. The second-order valence-corrected chi connectivity index (χ2v) is 2.54. The molecule has 0 aliphatic carbocycles. The minimum absolute atomic E-state index is 0.196. The van der Waals surface area contributed by atoms with Crippen molar-refractivity contribution in [3.8, 4) is 0 Å². The minimum atomic E-state index is -0.513. The number of carbonyl (C=O) groups is 2. The molecule has 0 saturated carbocycles. The van der Waals surface area contributed by atoms with Crippen LogP contribution in [0.1, 0.15) is 5.56 Å². The zero-order chi connectivity index (χ0) is 10.2. The standard InChI is InChI=1S/C11H10O3/c12-8-9-14-11(13)7-6-10-4-2-1-3-5-10/h1-8H,9H2. The highest BCUT2D eigenvalue weighted by atomic mass is 16.5. The molecule has 0 heterocycles. The SMILES string of the molecule is O=CCOC(=O)C=Cc1ccccc1. The number of hydrogen-bond donors (Lipinski definition) is 0. The number of aldehydes is 1. The summed E-state index contributed by atoms with van der Waals surface area (Å²) in [4.78, 5) is 20.8. The van der Waals surface area contributed by atoms with E-state index in [4.69, 9.17) is 0 Å². The summed E-state index contributed by atoms with van der Waals surface area (Å²) in [6.07, 6.45) is 3.46. The molecule has 1 aromatic rings. The third kappa shape index (κ3) is 3.67. The van der Waals surface area contributed by atoms with Gasteiger partial charge in [-0.05, 0) is 11.6 Å². The van der Waals surface area contributed by atoms with Crippen molar-refractivity contribution in [3.63, 3.8) is 0 Å². The highest BCUT2D eigenvalue weighted by Crippen LogP contribution is 2.00. The fourth-order valence-electron chi connectivity index (χ4n) is 0.893. The van der Waals surface area contributed by atoms with E-state index in [9.17, 15) is 9.59 Å². The van der Waals surface area contributed by atoms with Crippen LogP contribution in [0.15, 0.2) is 36.4 Å². The predicted octanol–water partition coefficient (Wildman–Crippen LogP) is 1.44. The molecular weight excluding hydrogens is 180 g/mol. The van der Waals surface area contributed by atoms with Crippen LogP contribution in [0.4, 0.5) is 0 Å². The van der Waals surface area contributed by atoms with Crippen LogP contribution in [-0.4, -0.2) is 18.9 Å². The van der Waals surface area contributed by atoms with Gasteiger partial charge in [-0.15, -0.1) is 0 Å². The molecule has 0 radical (unpaired) electrons. The smallest absolute Gasteiger partial charge is 0.331 e. The lowest BCUT2D eigenvalue weighted by Crippen LogP contribution is -2.02. The molecule has 0 spiro atoms. The van der Waals surface area contributed by atoms with E-state index in [-0.39, 0.29) is 6.61 Å². The lowest BCUT2D eigenvalue weighted by atomic mass is 10.2. The van der Waals surface area contributed by atoms with Crippen molar-refractivity contribution in [1.29, 1.82) is 0 Å². The molecule has 0 N–H and O–H groups in total. The topological polar surface area (TPSA) is 43.4 Å². The maximum absolute atomic E-state index is 10.9. The summed E-state index contributed by atoms with van der Waals surface area (Å²) in [5.74, 6) is -0.513. The average molecular weight is 190 g/mol. The van der Waals surface area contributed by atoms with Gasteiger partial charge in [-0.25, -0.2) is 4.79 Å². The number of rotatable bonds is 4. The van der Waals surface area contributed by atoms with E-state index >= 15 is 0 Å². The van der Waals surface area contributed by atoms with Crippen LogP contribution in [0, 0.1) is 0 Å². The van der Waals surface area contributed by atoms with Crippen LogP contribution in [0.5, 0.6) is 0 Å². The molecule has 0 saturated heterocycles. The summed E-state index contributed by atoms with van der Waals surface area (Å²) in [7, 11) is 0. The summed E-state index contributed by atoms with van der Waals surface area (Å²) >= 11 is 0. The third-order valence-corrected chi connectivity index (χ3v) is 1.51. The molecule has 3 nitrogen and oxygen atoms in total. The van der Waals surface area contributed by atoms with Crippen LogP contribution in [0.3, 0.4) is 0 Å². The number of ether oxygens (including phenoxy) is 1. The largest absolute Gasteiger partial charge is 0.455 e. The average Bonchev–Trinajstić information content (AvgIpc) is 2.25. The summed E-state index contributed by atoms with van der Waals surface area (Å²) in [5, 5.41) is 0. The Kier molecular flexibility index (Phi) is 4.14. The first-order chi connectivity index (χ1) is 6.83. The van der Waals surface area contributed by atoms with E-state index in [0.717, 1.165) is 5.56 Å². The molecule has 0 unspecified atom stereocenters. The molecule has 1 aromatic carbocycles. The minimum Gasteiger partial charge on any atom is -0.455 e. The summed E-state index contributed by atoms with van der Waals surface area (Å²) in [5.41, 5.74) is 0.913. The fraction of sp³-hybridized carbons (Fsp3) is 0.0909. The molecule has 0 bridgehead atoms. The Morgan fingerprint density at radius 3 is 2.64 bits per heavy atom. The molecule has 3 heteroatoms. The second kappa shape index (κ2) is 5.70. The van der Waals surface area contributed by atoms with Gasteiger partial charge in [-0.3, -0.25) is 4.79 Å². The maximum Gasteiger partial charge on any atom is 0.331 e. The van der Waals surface area contributed by atoms with Gasteiger partial charge in [0.15, 0.2) is 6.29 Å². The van der Waals surface area contributed by atoms with Crippen molar-refractivity contribution in [2.75, 3.05) is 6.61 Å². The van der Waals surface area contributed by atoms with Gasteiger partial charge in [0.1, 0.15) is 6.61 Å². The van der Waals surface area contributed by atoms with Crippen LogP contribution in [-0.2, 0) is 14.3 Å². The van der Waals surface area contributed by atoms with Gasteiger partial charge in [0, 0.05) is 6.08 Å². The molecule has 72 valence electrons. The van der Waals surface area contributed by atoms with Gasteiger partial charge in [0.25, 0.3) is 0 Å². The highest BCUT2D eigenvalue weighted by molar-refractivity contribution is 5.87. The Balaban J connectivity index is 2.48. The number of benzene rings is 1. The first kappa shape index (κ1) is 10.2. The van der Waals surface area contributed by atoms with E-state index < -0.39 is 5.97 Å². The van der Waals surface area contributed by atoms with Crippen molar-refractivity contribution in [3.05, 3.63) is 42.0 Å². The first-order valence-corrected chi connectivity index (χ1v) is 4.16. The van der Waals surface area contributed by atoms with Gasteiger partial charge >= 0.3 is 5.97 Å². The second-order valence-electron chi connectivity index (χ2n) is 2.54. The third-order valence-electron chi connectivity index (χ3n) is 1.51. The van der Waals surface area contributed by atoms with Crippen LogP contribution in [0.2, 0.25) is 0 Å². The van der Waals surface area contributed by atoms with Crippen molar-refractivity contribution < 1.29 is 14.3 Å². The molecular formula is C11H10O3. The summed E-state index contributed by atoms with van der Waals surface area (Å²) in [6, 6.07) is 9.36. The monoisotopic (exact) mass is 190 g/mol. The van der Waals surface area contributed by atoms with E-state index in [1.165, 1.54) is 6.08 Å². The van der Waals surface area contributed by atoms with E-state index in [1.807, 2.05) is 30.3 Å². The van der Waals surface area contributed by atoms with E-state index in [2.05, 4.69) is 4.74 Å². The molecule has 0 aliphatic rings. The molecule has 0 atom stereocenters. The van der Waals surface area contributed by atoms with E-state index in [0.29, 0.717) is 6.29 Å². The quantitative estimate of drug-likeness (QED) is 0.410. The van der Waals surface area contributed by atoms with Crippen molar-refractivity contribution in [1.82, 2.24) is 0 Å². The Morgan fingerprint density at radius 1 is 1.29 bits per heavy atom. The number of carbonyl (C=O) groups excluding carboxylic acids is 2. The van der Waals surface area contributed by atoms with E-state index in [1.54, 1.807) is 6.08 Å². The van der Waals surface area contributed by atoms with Crippen LogP contribution < -0.4 is 0 Å². The Hall–Kier alpha value is -1.90. The molecule has 0 aromatic heterocycles.